The van der Waals surface area contributed by atoms with E-state index >= 15 is 0 Å². The maximum Gasteiger partial charge on any atom is 0.158 e. The van der Waals surface area contributed by atoms with Gasteiger partial charge in [-0.05, 0) is 36.8 Å². The highest BCUT2D eigenvalue weighted by Gasteiger charge is 2.36. The number of aryl methyl sites for hydroxylation is 1. The number of alkyl halides is 1. The van der Waals surface area contributed by atoms with Gasteiger partial charge in [-0.25, -0.2) is 4.39 Å². The Morgan fingerprint density at radius 1 is 1.15 bits per heavy atom. The maximum atomic E-state index is 14.3. The fraction of sp³-hybridized carbons (Fsp3) is 0.636. The Hall–Kier alpha value is -1.23. The highest BCUT2D eigenvalue weighted by atomic mass is 19.1. The molecule has 0 aliphatic carbocycles. The van der Waals surface area contributed by atoms with E-state index in [1.54, 1.807) is 0 Å². The molecule has 2 atom stereocenters. The van der Waals surface area contributed by atoms with Crippen LogP contribution in [0, 0.1) is 5.92 Å². The second kappa shape index (κ2) is 9.12. The van der Waals surface area contributed by atoms with Crippen molar-refractivity contribution in [3.8, 4) is 0 Å². The van der Waals surface area contributed by atoms with Crippen LogP contribution in [0.5, 0.6) is 0 Å². The van der Waals surface area contributed by atoms with Gasteiger partial charge < -0.3 is 14.2 Å². The van der Waals surface area contributed by atoms with Crippen molar-refractivity contribution in [3.05, 3.63) is 48.0 Å². The van der Waals surface area contributed by atoms with Gasteiger partial charge in [-0.15, -0.1) is 6.58 Å². The Balaban J connectivity index is 1.43. The number of hydrogen-bond acceptors (Lipinski definition) is 3. The average Bonchev–Trinajstić information content (AvgIpc) is 2.68. The topological polar surface area (TPSA) is 27.7 Å². The molecule has 0 aromatic heterocycles. The fourth-order valence-electron chi connectivity index (χ4n) is 3.74. The predicted molar refractivity (Wildman–Crippen MR) is 101 cm³/mol. The van der Waals surface area contributed by atoms with E-state index < -0.39 is 5.67 Å². The van der Waals surface area contributed by atoms with Crippen LogP contribution in [0.25, 0.3) is 0 Å². The largest absolute Gasteiger partial charge is 0.373 e. The van der Waals surface area contributed by atoms with Crippen molar-refractivity contribution in [2.45, 2.75) is 63.5 Å². The van der Waals surface area contributed by atoms with Crippen molar-refractivity contribution >= 4 is 0 Å². The van der Waals surface area contributed by atoms with Crippen LogP contribution < -0.4 is 0 Å². The molecule has 3 rings (SSSR count). The lowest BCUT2D eigenvalue weighted by atomic mass is 9.94. The molecule has 2 heterocycles. The van der Waals surface area contributed by atoms with Crippen molar-refractivity contribution in [1.82, 2.24) is 0 Å². The Labute approximate surface area is 156 Å². The maximum absolute atomic E-state index is 14.3. The summed E-state index contributed by atoms with van der Waals surface area (Å²) in [6, 6.07) is 8.62. The lowest BCUT2D eigenvalue weighted by Gasteiger charge is -2.34. The summed E-state index contributed by atoms with van der Waals surface area (Å²) in [5.74, 6) is 0.487. The van der Waals surface area contributed by atoms with Crippen molar-refractivity contribution < 1.29 is 18.6 Å². The molecule has 26 heavy (non-hydrogen) atoms. The van der Waals surface area contributed by atoms with Gasteiger partial charge in [0, 0.05) is 12.3 Å². The summed E-state index contributed by atoms with van der Waals surface area (Å²) in [7, 11) is 0. The van der Waals surface area contributed by atoms with Gasteiger partial charge in [-0.1, -0.05) is 43.7 Å². The fourth-order valence-corrected chi connectivity index (χ4v) is 3.74. The first-order valence-corrected chi connectivity index (χ1v) is 9.87. The van der Waals surface area contributed by atoms with Crippen LogP contribution in [0.1, 0.15) is 56.3 Å². The molecule has 2 saturated heterocycles. The van der Waals surface area contributed by atoms with Gasteiger partial charge in [-0.2, -0.15) is 0 Å². The van der Waals surface area contributed by atoms with Crippen LogP contribution in [0.3, 0.4) is 0 Å². The van der Waals surface area contributed by atoms with Gasteiger partial charge in [0.2, 0.25) is 0 Å². The monoisotopic (exact) mass is 362 g/mol. The molecule has 1 aromatic carbocycles. The Kier molecular flexibility index (Phi) is 6.85. The summed E-state index contributed by atoms with van der Waals surface area (Å²) >= 11 is 0. The standard InChI is InChI=1S/C22H31FO3/c1-3-13-22(23)15-25-21(26-16-22)12-8-18-5-9-19(10-6-18)20-11-7-17(4-2)14-24-20/h4-6,9-10,17,20-21H,2-3,7-8,11-16H2,1H3. The molecule has 2 aliphatic rings. The van der Waals surface area contributed by atoms with Crippen LogP contribution in [-0.2, 0) is 20.6 Å². The van der Waals surface area contributed by atoms with Crippen molar-refractivity contribution in [3.63, 3.8) is 0 Å². The molecule has 0 spiro atoms. The molecule has 144 valence electrons. The third-order valence-electron chi connectivity index (χ3n) is 5.42. The Morgan fingerprint density at radius 2 is 1.88 bits per heavy atom. The minimum atomic E-state index is -1.31. The smallest absolute Gasteiger partial charge is 0.158 e. The first-order chi connectivity index (χ1) is 12.6. The van der Waals surface area contributed by atoms with Crippen LogP contribution in [0.15, 0.2) is 36.9 Å². The van der Waals surface area contributed by atoms with Gasteiger partial charge >= 0.3 is 0 Å². The molecular formula is C22H31FO3. The second-order valence-electron chi connectivity index (χ2n) is 7.63. The highest BCUT2D eigenvalue weighted by Crippen LogP contribution is 2.31. The third kappa shape index (κ3) is 5.15. The number of hydrogen-bond donors (Lipinski definition) is 0. The zero-order valence-electron chi connectivity index (χ0n) is 15.8. The third-order valence-corrected chi connectivity index (χ3v) is 5.42. The van der Waals surface area contributed by atoms with E-state index in [2.05, 4.69) is 30.8 Å². The lowest BCUT2D eigenvalue weighted by Crippen LogP contribution is -2.44. The van der Waals surface area contributed by atoms with Crippen LogP contribution in [-0.4, -0.2) is 31.8 Å². The molecule has 2 aliphatic heterocycles. The molecule has 3 nitrogen and oxygen atoms in total. The summed E-state index contributed by atoms with van der Waals surface area (Å²) in [5, 5.41) is 0. The van der Waals surface area contributed by atoms with E-state index in [9.17, 15) is 4.39 Å². The first-order valence-electron chi connectivity index (χ1n) is 9.87. The zero-order valence-corrected chi connectivity index (χ0v) is 15.8. The van der Waals surface area contributed by atoms with E-state index in [-0.39, 0.29) is 25.6 Å². The van der Waals surface area contributed by atoms with Crippen LogP contribution in [0.2, 0.25) is 0 Å². The second-order valence-corrected chi connectivity index (χ2v) is 7.63. The summed E-state index contributed by atoms with van der Waals surface area (Å²) in [4.78, 5) is 0. The average molecular weight is 362 g/mol. The number of halogens is 1. The van der Waals surface area contributed by atoms with E-state index in [1.165, 1.54) is 11.1 Å². The molecule has 1 aromatic rings. The number of ether oxygens (including phenoxy) is 3. The van der Waals surface area contributed by atoms with Crippen LogP contribution in [0.4, 0.5) is 4.39 Å². The highest BCUT2D eigenvalue weighted by molar-refractivity contribution is 5.24. The molecule has 2 fully saturated rings. The van der Waals surface area contributed by atoms with Crippen molar-refractivity contribution in [1.29, 1.82) is 0 Å². The SMILES string of the molecule is C=CC1CCC(c2ccc(CCC3OCC(F)(CCC)CO3)cc2)OC1. The minimum Gasteiger partial charge on any atom is -0.373 e. The van der Waals surface area contributed by atoms with Crippen molar-refractivity contribution in [2.24, 2.45) is 5.92 Å². The molecule has 2 unspecified atom stereocenters. The van der Waals surface area contributed by atoms with Crippen LogP contribution >= 0.6 is 0 Å². The molecule has 0 radical (unpaired) electrons. The van der Waals surface area contributed by atoms with E-state index in [1.807, 2.05) is 13.0 Å². The Bertz CT molecular complexity index is 555. The number of rotatable bonds is 7. The van der Waals surface area contributed by atoms with E-state index in [0.717, 1.165) is 38.7 Å². The molecule has 0 saturated carbocycles. The van der Waals surface area contributed by atoms with Gasteiger partial charge in [-0.3, -0.25) is 0 Å². The minimum absolute atomic E-state index is 0.148. The summed E-state index contributed by atoms with van der Waals surface area (Å²) in [6.07, 6.45) is 6.99. The van der Waals surface area contributed by atoms with Gasteiger partial charge in [0.05, 0.1) is 25.9 Å². The summed E-state index contributed by atoms with van der Waals surface area (Å²) in [6.45, 7) is 6.89. The molecule has 0 N–H and O–H groups in total. The summed E-state index contributed by atoms with van der Waals surface area (Å²) < 4.78 is 31.4. The quantitative estimate of drug-likeness (QED) is 0.628. The molecule has 0 bridgehead atoms. The van der Waals surface area contributed by atoms with Crippen molar-refractivity contribution in [2.75, 3.05) is 19.8 Å². The molecule has 4 heteroatoms. The lowest BCUT2D eigenvalue weighted by molar-refractivity contribution is -0.236. The Morgan fingerprint density at radius 3 is 2.46 bits per heavy atom. The molecule has 0 amide bonds. The summed E-state index contributed by atoms with van der Waals surface area (Å²) in [5.41, 5.74) is 1.17. The zero-order chi connectivity index (χ0) is 18.4. The normalized spacial score (nSPS) is 32.3. The predicted octanol–water partition coefficient (Wildman–Crippen LogP) is 5.15. The van der Waals surface area contributed by atoms with Gasteiger partial charge in [0.15, 0.2) is 12.0 Å². The number of benzene rings is 1. The van der Waals surface area contributed by atoms with E-state index in [4.69, 9.17) is 14.2 Å². The molecular weight excluding hydrogens is 331 g/mol. The van der Waals surface area contributed by atoms with Gasteiger partial charge in [0.1, 0.15) is 0 Å². The van der Waals surface area contributed by atoms with E-state index in [0.29, 0.717) is 12.3 Å². The first kappa shape index (κ1) is 19.5. The van der Waals surface area contributed by atoms with Gasteiger partial charge in [0.25, 0.3) is 0 Å².